The van der Waals surface area contributed by atoms with Gasteiger partial charge in [-0.3, -0.25) is 0 Å². The molecule has 1 aliphatic carbocycles. The van der Waals surface area contributed by atoms with Crippen molar-refractivity contribution in [3.05, 3.63) is 66.2 Å². The first kappa shape index (κ1) is 34.6. The summed E-state index contributed by atoms with van der Waals surface area (Å²) in [5.41, 5.74) is 2.88. The zero-order valence-corrected chi connectivity index (χ0v) is 29.0. The highest BCUT2D eigenvalue weighted by Crippen LogP contribution is 2.37. The van der Waals surface area contributed by atoms with Crippen molar-refractivity contribution < 1.29 is 21.7 Å². The van der Waals surface area contributed by atoms with Gasteiger partial charge in [0.25, 0.3) is 0 Å². The number of nitrogens with zero attached hydrogens (tertiary/aromatic N) is 3. The standard InChI is InChI=1S/C34H52N4O4S2/c1-28-9-13-32(14-10-28)43(39,40)37-23-7-21-36(27-30-17-19-34(3,4)20-18-30)22-8-24-38(26-29(2)25-37)44(41,42)33-15-11-31(12-16-33)35(5)6/h9-16,30H,2,7-8,17-27H2,1,3-6H3/p+1. The van der Waals surface area contributed by atoms with E-state index in [1.165, 1.54) is 39.2 Å². The van der Waals surface area contributed by atoms with Gasteiger partial charge in [0.1, 0.15) is 0 Å². The molecule has 2 aromatic rings. The van der Waals surface area contributed by atoms with Gasteiger partial charge in [0.15, 0.2) is 0 Å². The summed E-state index contributed by atoms with van der Waals surface area (Å²) in [4.78, 5) is 3.86. The van der Waals surface area contributed by atoms with Crippen molar-refractivity contribution in [2.45, 2.75) is 69.1 Å². The van der Waals surface area contributed by atoms with Crippen LogP contribution in [0.5, 0.6) is 0 Å². The fourth-order valence-electron chi connectivity index (χ4n) is 6.45. The van der Waals surface area contributed by atoms with Crippen LogP contribution in [-0.2, 0) is 20.0 Å². The lowest BCUT2D eigenvalue weighted by atomic mass is 9.73. The maximum absolute atomic E-state index is 14.0. The number of benzene rings is 2. The molecule has 1 saturated heterocycles. The van der Waals surface area contributed by atoms with E-state index in [-0.39, 0.29) is 22.9 Å². The minimum Gasteiger partial charge on any atom is -0.378 e. The molecule has 44 heavy (non-hydrogen) atoms. The summed E-state index contributed by atoms with van der Waals surface area (Å²) in [6.07, 6.45) is 6.37. The third kappa shape index (κ3) is 8.94. The lowest BCUT2D eigenvalue weighted by molar-refractivity contribution is -0.904. The summed E-state index contributed by atoms with van der Waals surface area (Å²) in [7, 11) is -3.76. The highest BCUT2D eigenvalue weighted by Gasteiger charge is 2.32. The van der Waals surface area contributed by atoms with Gasteiger partial charge < -0.3 is 9.80 Å². The molecular formula is C34H53N4O4S2+. The number of hydrogen-bond acceptors (Lipinski definition) is 5. The average Bonchev–Trinajstić information content (AvgIpc) is 2.96. The Hall–Kier alpha value is -2.24. The van der Waals surface area contributed by atoms with Crippen molar-refractivity contribution in [2.24, 2.45) is 11.3 Å². The second-order valence-corrected chi connectivity index (χ2v) is 17.8. The van der Waals surface area contributed by atoms with E-state index < -0.39 is 20.0 Å². The lowest BCUT2D eigenvalue weighted by Crippen LogP contribution is -3.13. The third-order valence-corrected chi connectivity index (χ3v) is 13.1. The van der Waals surface area contributed by atoms with Crippen LogP contribution in [0.2, 0.25) is 0 Å². The van der Waals surface area contributed by atoms with Gasteiger partial charge >= 0.3 is 0 Å². The normalized spacial score (nSPS) is 22.2. The summed E-state index contributed by atoms with van der Waals surface area (Å²) in [5, 5.41) is 0. The second-order valence-electron chi connectivity index (χ2n) is 13.9. The number of aryl methyl sites for hydroxylation is 1. The van der Waals surface area contributed by atoms with Crippen LogP contribution >= 0.6 is 0 Å². The molecule has 10 heteroatoms. The van der Waals surface area contributed by atoms with Crippen LogP contribution in [0, 0.1) is 18.3 Å². The Morgan fingerprint density at radius 1 is 0.818 bits per heavy atom. The Labute approximate surface area is 266 Å². The van der Waals surface area contributed by atoms with Crippen LogP contribution in [0.25, 0.3) is 0 Å². The predicted octanol–water partition coefficient (Wildman–Crippen LogP) is 4.19. The van der Waals surface area contributed by atoms with E-state index >= 15 is 0 Å². The van der Waals surface area contributed by atoms with Crippen molar-refractivity contribution in [1.29, 1.82) is 0 Å². The lowest BCUT2D eigenvalue weighted by Gasteiger charge is -2.36. The molecule has 0 aromatic heterocycles. The van der Waals surface area contributed by atoms with E-state index in [4.69, 9.17) is 0 Å². The van der Waals surface area contributed by atoms with Crippen molar-refractivity contribution in [2.75, 3.05) is 64.8 Å². The molecule has 1 atom stereocenters. The fourth-order valence-corrected chi connectivity index (χ4v) is 9.45. The van der Waals surface area contributed by atoms with Crippen molar-refractivity contribution in [3.63, 3.8) is 0 Å². The SMILES string of the molecule is C=C1CN(S(=O)(=O)c2ccc(C)cc2)CCC[NH+](CC2CCC(C)(C)CC2)CCCN(S(=O)(=O)c2ccc(N(C)C)cc2)C1. The highest BCUT2D eigenvalue weighted by molar-refractivity contribution is 7.89. The van der Waals surface area contributed by atoms with E-state index in [0.717, 1.165) is 43.7 Å². The molecule has 4 rings (SSSR count). The largest absolute Gasteiger partial charge is 0.378 e. The van der Waals surface area contributed by atoms with Gasteiger partial charge in [-0.15, -0.1) is 0 Å². The van der Waals surface area contributed by atoms with Crippen LogP contribution in [0.1, 0.15) is 57.9 Å². The summed E-state index contributed by atoms with van der Waals surface area (Å²) in [5.74, 6) is 0.646. The van der Waals surface area contributed by atoms with Crippen LogP contribution in [0.15, 0.2) is 70.5 Å². The Balaban J connectivity index is 1.60. The Bertz CT molecular complexity index is 1460. The maximum atomic E-state index is 14.0. The zero-order valence-electron chi connectivity index (χ0n) is 27.4. The molecule has 0 spiro atoms. The van der Waals surface area contributed by atoms with Gasteiger partial charge in [0, 0.05) is 64.7 Å². The predicted molar refractivity (Wildman–Crippen MR) is 179 cm³/mol. The molecule has 244 valence electrons. The number of hydrogen-bond donors (Lipinski definition) is 1. The molecule has 0 bridgehead atoms. The van der Waals surface area contributed by atoms with Crippen LogP contribution < -0.4 is 9.80 Å². The van der Waals surface area contributed by atoms with Crippen LogP contribution in [-0.4, -0.2) is 85.4 Å². The Kier molecular flexibility index (Phi) is 11.4. The molecule has 1 N–H and O–H groups in total. The fraction of sp³-hybridized carbons (Fsp3) is 0.588. The first-order valence-electron chi connectivity index (χ1n) is 16.0. The molecule has 2 aromatic carbocycles. The average molecular weight is 646 g/mol. The van der Waals surface area contributed by atoms with Gasteiger partial charge in [-0.2, -0.15) is 8.61 Å². The van der Waals surface area contributed by atoms with Crippen LogP contribution in [0.4, 0.5) is 5.69 Å². The van der Waals surface area contributed by atoms with Crippen LogP contribution in [0.3, 0.4) is 0 Å². The summed E-state index contributed by atoms with van der Waals surface area (Å²) < 4.78 is 58.6. The van der Waals surface area contributed by atoms with Gasteiger partial charge in [-0.25, -0.2) is 16.8 Å². The Morgan fingerprint density at radius 3 is 1.73 bits per heavy atom. The maximum Gasteiger partial charge on any atom is 0.243 e. The van der Waals surface area contributed by atoms with E-state index in [9.17, 15) is 16.8 Å². The number of rotatable bonds is 7. The molecule has 0 radical (unpaired) electrons. The topological polar surface area (TPSA) is 82.4 Å². The second kappa shape index (κ2) is 14.5. The molecule has 1 saturated carbocycles. The minimum atomic E-state index is -3.82. The first-order valence-corrected chi connectivity index (χ1v) is 18.9. The minimum absolute atomic E-state index is 0.0741. The highest BCUT2D eigenvalue weighted by atomic mass is 32.2. The van der Waals surface area contributed by atoms with Crippen molar-refractivity contribution in [3.8, 4) is 0 Å². The summed E-state index contributed by atoms with van der Waals surface area (Å²) in [6, 6.07) is 13.9. The van der Waals surface area contributed by atoms with E-state index in [0.29, 0.717) is 30.0 Å². The number of sulfonamides is 2. The van der Waals surface area contributed by atoms with E-state index in [2.05, 4.69) is 20.4 Å². The van der Waals surface area contributed by atoms with E-state index in [1.54, 1.807) is 24.3 Å². The monoisotopic (exact) mass is 645 g/mol. The Morgan fingerprint density at radius 2 is 1.27 bits per heavy atom. The molecule has 2 fully saturated rings. The summed E-state index contributed by atoms with van der Waals surface area (Å²) in [6.45, 7) is 14.5. The molecule has 1 unspecified atom stereocenters. The van der Waals surface area contributed by atoms with Gasteiger partial charge in [0.05, 0.1) is 29.4 Å². The van der Waals surface area contributed by atoms with Gasteiger partial charge in [-0.05, 0) is 80.0 Å². The van der Waals surface area contributed by atoms with E-state index in [1.807, 2.05) is 50.2 Å². The molecule has 1 heterocycles. The van der Waals surface area contributed by atoms with Crippen molar-refractivity contribution >= 4 is 25.7 Å². The summed E-state index contributed by atoms with van der Waals surface area (Å²) >= 11 is 0. The number of nitrogens with one attached hydrogen (secondary N) is 1. The molecular weight excluding hydrogens is 593 g/mol. The zero-order chi connectivity index (χ0) is 32.1. The van der Waals surface area contributed by atoms with Gasteiger partial charge in [0.2, 0.25) is 20.0 Å². The number of anilines is 1. The molecule has 8 nitrogen and oxygen atoms in total. The molecule has 0 amide bonds. The van der Waals surface area contributed by atoms with Gasteiger partial charge in [-0.1, -0.05) is 38.1 Å². The third-order valence-electron chi connectivity index (χ3n) is 9.36. The molecule has 1 aliphatic heterocycles. The molecule has 2 aliphatic rings. The smallest absolute Gasteiger partial charge is 0.243 e. The van der Waals surface area contributed by atoms with Crippen molar-refractivity contribution in [1.82, 2.24) is 8.61 Å². The first-order chi connectivity index (χ1) is 20.7. The quantitative estimate of drug-likeness (QED) is 0.457. The number of quaternary nitrogens is 1.